The van der Waals surface area contributed by atoms with E-state index in [2.05, 4.69) is 41.2 Å². The molecule has 0 aliphatic carbocycles. The maximum atomic E-state index is 5.86. The Morgan fingerprint density at radius 2 is 1.95 bits per heavy atom. The fourth-order valence-corrected chi connectivity index (χ4v) is 2.48. The number of rotatable bonds is 10. The minimum absolute atomic E-state index is 0.709. The molecule has 0 bridgehead atoms. The highest BCUT2D eigenvalue weighted by Crippen LogP contribution is 2.35. The molecule has 1 aromatic carbocycles. The van der Waals surface area contributed by atoms with Gasteiger partial charge in [0.05, 0.1) is 13.7 Å². The third-order valence-corrected chi connectivity index (χ3v) is 3.50. The summed E-state index contributed by atoms with van der Waals surface area (Å²) in [5.74, 6) is 1.65. The van der Waals surface area contributed by atoms with Crippen molar-refractivity contribution >= 4 is 15.9 Å². The topological polar surface area (TPSA) is 30.5 Å². The summed E-state index contributed by atoms with van der Waals surface area (Å²) >= 11 is 3.53. The van der Waals surface area contributed by atoms with Gasteiger partial charge in [-0.25, -0.2) is 0 Å². The Morgan fingerprint density at radius 3 is 2.60 bits per heavy atom. The predicted molar refractivity (Wildman–Crippen MR) is 87.7 cm³/mol. The SMILES string of the molecule is CCCCCNCc1cc(Br)cc(OC)c1OCCC. The minimum atomic E-state index is 0.709. The van der Waals surface area contributed by atoms with Crippen molar-refractivity contribution in [3.63, 3.8) is 0 Å². The highest BCUT2D eigenvalue weighted by molar-refractivity contribution is 9.10. The molecule has 0 atom stereocenters. The lowest BCUT2D eigenvalue weighted by Crippen LogP contribution is -2.16. The normalized spacial score (nSPS) is 10.6. The zero-order chi connectivity index (χ0) is 14.8. The first-order valence-electron chi connectivity index (χ1n) is 7.42. The Morgan fingerprint density at radius 1 is 1.15 bits per heavy atom. The third-order valence-electron chi connectivity index (χ3n) is 3.04. The Hall–Kier alpha value is -0.740. The van der Waals surface area contributed by atoms with Gasteiger partial charge in [-0.1, -0.05) is 42.6 Å². The van der Waals surface area contributed by atoms with Gasteiger partial charge in [0.1, 0.15) is 0 Å². The number of benzene rings is 1. The van der Waals surface area contributed by atoms with Crippen molar-refractivity contribution in [3.8, 4) is 11.5 Å². The smallest absolute Gasteiger partial charge is 0.165 e. The van der Waals surface area contributed by atoms with Gasteiger partial charge in [-0.05, 0) is 31.5 Å². The Balaban J connectivity index is 2.72. The van der Waals surface area contributed by atoms with E-state index >= 15 is 0 Å². The molecule has 1 rings (SSSR count). The van der Waals surface area contributed by atoms with Crippen LogP contribution in [0.2, 0.25) is 0 Å². The molecule has 0 saturated carbocycles. The van der Waals surface area contributed by atoms with E-state index in [1.54, 1.807) is 7.11 Å². The van der Waals surface area contributed by atoms with E-state index in [1.165, 1.54) is 19.3 Å². The molecule has 0 aromatic heterocycles. The summed E-state index contributed by atoms with van der Waals surface area (Å²) < 4.78 is 12.3. The van der Waals surface area contributed by atoms with Gasteiger partial charge >= 0.3 is 0 Å². The molecule has 20 heavy (non-hydrogen) atoms. The van der Waals surface area contributed by atoms with Crippen molar-refractivity contribution < 1.29 is 9.47 Å². The van der Waals surface area contributed by atoms with Gasteiger partial charge in [-0.3, -0.25) is 0 Å². The molecular weight excluding hydrogens is 318 g/mol. The summed E-state index contributed by atoms with van der Waals surface area (Å²) in [6.07, 6.45) is 4.72. The van der Waals surface area contributed by atoms with Crippen molar-refractivity contribution in [1.82, 2.24) is 5.32 Å². The number of halogens is 1. The summed E-state index contributed by atoms with van der Waals surface area (Å²) in [5, 5.41) is 3.48. The molecule has 1 aromatic rings. The van der Waals surface area contributed by atoms with Crippen LogP contribution in [0, 0.1) is 0 Å². The lowest BCUT2D eigenvalue weighted by molar-refractivity contribution is 0.290. The molecule has 4 heteroatoms. The number of hydrogen-bond acceptors (Lipinski definition) is 3. The zero-order valence-electron chi connectivity index (χ0n) is 12.8. The average molecular weight is 344 g/mol. The van der Waals surface area contributed by atoms with Crippen LogP contribution in [0.5, 0.6) is 11.5 Å². The van der Waals surface area contributed by atoms with Gasteiger partial charge in [0.15, 0.2) is 11.5 Å². The van der Waals surface area contributed by atoms with Crippen LogP contribution in [-0.4, -0.2) is 20.3 Å². The number of ether oxygens (including phenoxy) is 2. The van der Waals surface area contributed by atoms with Crippen LogP contribution >= 0.6 is 15.9 Å². The lowest BCUT2D eigenvalue weighted by Gasteiger charge is -2.16. The van der Waals surface area contributed by atoms with Crippen molar-refractivity contribution in [2.45, 2.75) is 46.1 Å². The van der Waals surface area contributed by atoms with E-state index in [9.17, 15) is 0 Å². The van der Waals surface area contributed by atoms with Crippen LogP contribution in [-0.2, 0) is 6.54 Å². The van der Waals surface area contributed by atoms with Crippen molar-refractivity contribution in [1.29, 1.82) is 0 Å². The molecule has 0 spiro atoms. The molecule has 3 nitrogen and oxygen atoms in total. The highest BCUT2D eigenvalue weighted by Gasteiger charge is 2.12. The van der Waals surface area contributed by atoms with Gasteiger partial charge in [0, 0.05) is 16.6 Å². The quantitative estimate of drug-likeness (QED) is 0.633. The lowest BCUT2D eigenvalue weighted by atomic mass is 10.1. The summed E-state index contributed by atoms with van der Waals surface area (Å²) in [6, 6.07) is 4.05. The second kappa shape index (κ2) is 10.1. The molecule has 0 aliphatic rings. The van der Waals surface area contributed by atoms with Crippen molar-refractivity contribution in [3.05, 3.63) is 22.2 Å². The van der Waals surface area contributed by atoms with Crippen LogP contribution in [0.1, 0.15) is 45.1 Å². The van der Waals surface area contributed by atoms with Crippen LogP contribution < -0.4 is 14.8 Å². The maximum Gasteiger partial charge on any atom is 0.165 e. The Bertz CT molecular complexity index is 396. The van der Waals surface area contributed by atoms with E-state index in [1.807, 2.05) is 6.07 Å². The van der Waals surface area contributed by atoms with Gasteiger partial charge in [0.25, 0.3) is 0 Å². The molecule has 0 fully saturated rings. The molecule has 0 amide bonds. The first kappa shape index (κ1) is 17.3. The molecule has 0 unspecified atom stereocenters. The number of nitrogens with one attached hydrogen (secondary N) is 1. The summed E-state index contributed by atoms with van der Waals surface area (Å²) in [4.78, 5) is 0. The third kappa shape index (κ3) is 5.71. The number of hydrogen-bond donors (Lipinski definition) is 1. The van der Waals surface area contributed by atoms with Crippen molar-refractivity contribution in [2.24, 2.45) is 0 Å². The van der Waals surface area contributed by atoms with Crippen LogP contribution in [0.25, 0.3) is 0 Å². The molecule has 0 heterocycles. The first-order chi connectivity index (χ1) is 9.72. The van der Waals surface area contributed by atoms with Crippen molar-refractivity contribution in [2.75, 3.05) is 20.3 Å². The Kier molecular flexibility index (Phi) is 8.70. The molecular formula is C16H26BrNO2. The molecule has 0 saturated heterocycles. The van der Waals surface area contributed by atoms with Crippen LogP contribution in [0.4, 0.5) is 0 Å². The van der Waals surface area contributed by atoms with Crippen LogP contribution in [0.3, 0.4) is 0 Å². The monoisotopic (exact) mass is 343 g/mol. The van der Waals surface area contributed by atoms with E-state index in [4.69, 9.17) is 9.47 Å². The largest absolute Gasteiger partial charge is 0.493 e. The maximum absolute atomic E-state index is 5.86. The summed E-state index contributed by atoms with van der Waals surface area (Å²) in [5.41, 5.74) is 1.14. The average Bonchev–Trinajstić information content (AvgIpc) is 2.45. The second-order valence-electron chi connectivity index (χ2n) is 4.83. The second-order valence-corrected chi connectivity index (χ2v) is 5.74. The van der Waals surface area contributed by atoms with Gasteiger partial charge < -0.3 is 14.8 Å². The van der Waals surface area contributed by atoms with Crippen LogP contribution in [0.15, 0.2) is 16.6 Å². The van der Waals surface area contributed by atoms with E-state index in [0.717, 1.165) is 41.0 Å². The van der Waals surface area contributed by atoms with E-state index in [-0.39, 0.29) is 0 Å². The first-order valence-corrected chi connectivity index (χ1v) is 8.22. The molecule has 1 N–H and O–H groups in total. The zero-order valence-corrected chi connectivity index (χ0v) is 14.4. The van der Waals surface area contributed by atoms with Gasteiger partial charge in [-0.15, -0.1) is 0 Å². The fraction of sp³-hybridized carbons (Fsp3) is 0.625. The number of unbranched alkanes of at least 4 members (excludes halogenated alkanes) is 2. The molecule has 0 aliphatic heterocycles. The molecule has 114 valence electrons. The summed E-state index contributed by atoms with van der Waals surface area (Å²) in [6.45, 7) is 6.87. The van der Waals surface area contributed by atoms with E-state index in [0.29, 0.717) is 6.61 Å². The number of methoxy groups -OCH3 is 1. The highest BCUT2D eigenvalue weighted by atomic mass is 79.9. The standard InChI is InChI=1S/C16H26BrNO2/c1-4-6-7-8-18-12-13-10-14(17)11-15(19-3)16(13)20-9-5-2/h10-11,18H,4-9,12H2,1-3H3. The predicted octanol–water partition coefficient (Wildman–Crippen LogP) is 4.53. The Labute approximate surface area is 131 Å². The van der Waals surface area contributed by atoms with Gasteiger partial charge in [-0.2, -0.15) is 0 Å². The molecule has 0 radical (unpaired) electrons. The van der Waals surface area contributed by atoms with E-state index < -0.39 is 0 Å². The minimum Gasteiger partial charge on any atom is -0.493 e. The summed E-state index contributed by atoms with van der Waals surface area (Å²) in [7, 11) is 1.68. The fourth-order valence-electron chi connectivity index (χ4n) is 2.00. The van der Waals surface area contributed by atoms with Gasteiger partial charge in [0.2, 0.25) is 0 Å².